The van der Waals surface area contributed by atoms with Crippen LogP contribution in [0.3, 0.4) is 0 Å². The van der Waals surface area contributed by atoms with Gasteiger partial charge in [-0.1, -0.05) is 29.8 Å². The first-order valence-corrected chi connectivity index (χ1v) is 8.05. The van der Waals surface area contributed by atoms with Crippen LogP contribution >= 0.6 is 27.5 Å². The number of nitrogens with one attached hydrogen (secondary N) is 2. The van der Waals surface area contributed by atoms with E-state index in [-0.39, 0.29) is 0 Å². The summed E-state index contributed by atoms with van der Waals surface area (Å²) >= 11 is 9.28. The number of halogens is 2. The molecule has 7 heteroatoms. The third-order valence-corrected chi connectivity index (χ3v) is 4.00. The fraction of sp³-hybridized carbons (Fsp3) is 0.0588. The molecule has 0 radical (unpaired) electrons. The van der Waals surface area contributed by atoms with Crippen molar-refractivity contribution < 1.29 is 14.3 Å². The van der Waals surface area contributed by atoms with Gasteiger partial charge >= 0.3 is 0 Å². The van der Waals surface area contributed by atoms with Crippen molar-refractivity contribution in [3.63, 3.8) is 0 Å². The van der Waals surface area contributed by atoms with Crippen LogP contribution in [-0.2, 0) is 4.79 Å². The normalized spacial score (nSPS) is 10.5. The van der Waals surface area contributed by atoms with E-state index in [2.05, 4.69) is 26.8 Å². The summed E-state index contributed by atoms with van der Waals surface area (Å²) in [6.45, 7) is 0. The van der Waals surface area contributed by atoms with Gasteiger partial charge in [0, 0.05) is 16.7 Å². The van der Waals surface area contributed by atoms with Crippen molar-refractivity contribution in [2.24, 2.45) is 0 Å². The summed E-state index contributed by atoms with van der Waals surface area (Å²) in [5, 5.41) is 0.536. The lowest BCUT2D eigenvalue weighted by molar-refractivity contribution is -0.117. The quantitative estimate of drug-likeness (QED) is 0.599. The van der Waals surface area contributed by atoms with Crippen LogP contribution in [0.5, 0.6) is 5.75 Å². The minimum absolute atomic E-state index is 0.373. The number of methoxy groups -OCH3 is 1. The first-order chi connectivity index (χ1) is 11.5. The van der Waals surface area contributed by atoms with Crippen LogP contribution in [-0.4, -0.2) is 18.9 Å². The molecule has 2 rings (SSSR count). The molecule has 0 aliphatic heterocycles. The van der Waals surface area contributed by atoms with E-state index >= 15 is 0 Å². The molecular formula is C17H14BrClN2O3. The summed E-state index contributed by atoms with van der Waals surface area (Å²) in [6, 6.07) is 11.9. The van der Waals surface area contributed by atoms with Crippen LogP contribution in [0.2, 0.25) is 5.02 Å². The molecule has 0 aliphatic carbocycles. The highest BCUT2D eigenvalue weighted by Gasteiger charge is 2.09. The van der Waals surface area contributed by atoms with Crippen molar-refractivity contribution in [3.05, 3.63) is 69.2 Å². The maximum absolute atomic E-state index is 12.0. The second-order valence-corrected chi connectivity index (χ2v) is 5.91. The maximum atomic E-state index is 12.0. The van der Waals surface area contributed by atoms with Crippen molar-refractivity contribution in [2.45, 2.75) is 0 Å². The van der Waals surface area contributed by atoms with Gasteiger partial charge < -0.3 is 4.74 Å². The number of rotatable bonds is 4. The Morgan fingerprint density at radius 1 is 1.17 bits per heavy atom. The first-order valence-electron chi connectivity index (χ1n) is 6.87. The zero-order valence-electron chi connectivity index (χ0n) is 12.7. The van der Waals surface area contributed by atoms with Crippen LogP contribution in [0.25, 0.3) is 6.08 Å². The summed E-state index contributed by atoms with van der Waals surface area (Å²) in [5.41, 5.74) is 5.71. The van der Waals surface area contributed by atoms with Gasteiger partial charge in [0.1, 0.15) is 5.75 Å². The Labute approximate surface area is 152 Å². The largest absolute Gasteiger partial charge is 0.496 e. The molecule has 24 heavy (non-hydrogen) atoms. The van der Waals surface area contributed by atoms with E-state index in [4.69, 9.17) is 16.3 Å². The van der Waals surface area contributed by atoms with Gasteiger partial charge in [-0.2, -0.15) is 0 Å². The molecule has 2 amide bonds. The van der Waals surface area contributed by atoms with Crippen LogP contribution in [0.4, 0.5) is 0 Å². The molecule has 2 N–H and O–H groups in total. The van der Waals surface area contributed by atoms with Gasteiger partial charge in [-0.15, -0.1) is 0 Å². The molecule has 5 nitrogen and oxygen atoms in total. The summed E-state index contributed by atoms with van der Waals surface area (Å²) < 4.78 is 5.73. The van der Waals surface area contributed by atoms with Crippen LogP contribution in [0.15, 0.2) is 53.0 Å². The average Bonchev–Trinajstić information content (AvgIpc) is 2.58. The Kier molecular flexibility index (Phi) is 6.40. The van der Waals surface area contributed by atoms with Crippen molar-refractivity contribution in [3.8, 4) is 5.75 Å². The van der Waals surface area contributed by atoms with Crippen molar-refractivity contribution in [1.29, 1.82) is 0 Å². The molecule has 0 heterocycles. The Hall–Kier alpha value is -2.31. The lowest BCUT2D eigenvalue weighted by atomic mass is 10.2. The number of hydrogen-bond acceptors (Lipinski definition) is 3. The zero-order valence-corrected chi connectivity index (χ0v) is 15.0. The fourth-order valence-electron chi connectivity index (χ4n) is 1.82. The van der Waals surface area contributed by atoms with E-state index in [1.807, 2.05) is 6.07 Å². The number of amides is 2. The molecule has 0 fully saturated rings. The number of carbonyl (C=O) groups excluding carboxylic acids is 2. The average molecular weight is 410 g/mol. The third kappa shape index (κ3) is 4.84. The highest BCUT2D eigenvalue weighted by atomic mass is 79.9. The second-order valence-electron chi connectivity index (χ2n) is 4.65. The Morgan fingerprint density at radius 2 is 1.92 bits per heavy atom. The van der Waals surface area contributed by atoms with E-state index in [0.717, 1.165) is 0 Å². The molecule has 0 saturated carbocycles. The summed E-state index contributed by atoms with van der Waals surface area (Å²) in [6.07, 6.45) is 2.85. The Balaban J connectivity index is 1.93. The molecule has 0 unspecified atom stereocenters. The van der Waals surface area contributed by atoms with Gasteiger partial charge in [0.25, 0.3) is 11.8 Å². The standard InChI is InChI=1S/C17H14BrClN2O3/c1-24-15-8-6-12(10-13(15)18)17(23)21-20-16(22)9-7-11-4-2-3-5-14(11)19/h2-10H,1H3,(H,20,22)(H,21,23)/b9-7+. The minimum atomic E-state index is -0.476. The van der Waals surface area contributed by atoms with Crippen molar-refractivity contribution in [2.75, 3.05) is 7.11 Å². The molecule has 0 atom stereocenters. The van der Waals surface area contributed by atoms with E-state index in [1.165, 1.54) is 13.2 Å². The summed E-state index contributed by atoms with van der Waals surface area (Å²) in [4.78, 5) is 23.7. The summed E-state index contributed by atoms with van der Waals surface area (Å²) in [5.74, 6) is -0.313. The predicted octanol–water partition coefficient (Wildman–Crippen LogP) is 3.59. The number of hydrazine groups is 1. The third-order valence-electron chi connectivity index (χ3n) is 3.03. The van der Waals surface area contributed by atoms with Crippen LogP contribution in [0, 0.1) is 0 Å². The number of carbonyl (C=O) groups is 2. The highest BCUT2D eigenvalue weighted by molar-refractivity contribution is 9.10. The highest BCUT2D eigenvalue weighted by Crippen LogP contribution is 2.25. The summed E-state index contributed by atoms with van der Waals surface area (Å²) in [7, 11) is 1.53. The van der Waals surface area contributed by atoms with Gasteiger partial charge in [-0.05, 0) is 51.8 Å². The van der Waals surface area contributed by atoms with Crippen molar-refractivity contribution in [1.82, 2.24) is 10.9 Å². The molecule has 2 aromatic carbocycles. The van der Waals surface area contributed by atoms with E-state index < -0.39 is 11.8 Å². The van der Waals surface area contributed by atoms with Gasteiger partial charge in [0.15, 0.2) is 0 Å². The molecule has 0 aromatic heterocycles. The lowest BCUT2D eigenvalue weighted by Crippen LogP contribution is -2.40. The molecule has 0 aliphatic rings. The molecule has 0 saturated heterocycles. The first kappa shape index (κ1) is 18.0. The smallest absolute Gasteiger partial charge is 0.269 e. The second kappa shape index (κ2) is 8.52. The maximum Gasteiger partial charge on any atom is 0.269 e. The van der Waals surface area contributed by atoms with Crippen LogP contribution in [0.1, 0.15) is 15.9 Å². The van der Waals surface area contributed by atoms with Crippen LogP contribution < -0.4 is 15.6 Å². The van der Waals surface area contributed by atoms with Gasteiger partial charge in [0.05, 0.1) is 11.6 Å². The molecular weight excluding hydrogens is 396 g/mol. The number of benzene rings is 2. The van der Waals surface area contributed by atoms with E-state index in [9.17, 15) is 9.59 Å². The molecule has 2 aromatic rings. The lowest BCUT2D eigenvalue weighted by Gasteiger charge is -2.07. The monoisotopic (exact) mass is 408 g/mol. The predicted molar refractivity (Wildman–Crippen MR) is 96.8 cm³/mol. The van der Waals surface area contributed by atoms with E-state index in [0.29, 0.717) is 26.4 Å². The number of ether oxygens (including phenoxy) is 1. The SMILES string of the molecule is COc1ccc(C(=O)NNC(=O)/C=C/c2ccccc2Cl)cc1Br. The molecule has 0 spiro atoms. The molecule has 124 valence electrons. The topological polar surface area (TPSA) is 67.4 Å². The van der Waals surface area contributed by atoms with Gasteiger partial charge in [-0.3, -0.25) is 20.4 Å². The number of hydrogen-bond donors (Lipinski definition) is 2. The Bertz CT molecular complexity index is 793. The zero-order chi connectivity index (χ0) is 17.5. The molecule has 0 bridgehead atoms. The fourth-order valence-corrected chi connectivity index (χ4v) is 2.55. The Morgan fingerprint density at radius 3 is 2.58 bits per heavy atom. The van der Waals surface area contributed by atoms with Gasteiger partial charge in [-0.25, -0.2) is 0 Å². The van der Waals surface area contributed by atoms with Gasteiger partial charge in [0.2, 0.25) is 0 Å². The van der Waals surface area contributed by atoms with E-state index in [1.54, 1.807) is 42.5 Å². The van der Waals surface area contributed by atoms with Crippen molar-refractivity contribution >= 4 is 45.4 Å². The minimum Gasteiger partial charge on any atom is -0.496 e.